The number of aromatic nitrogens is 1. The lowest BCUT2D eigenvalue weighted by Gasteiger charge is -2.44. The summed E-state index contributed by atoms with van der Waals surface area (Å²) in [6.07, 6.45) is 3.17. The highest BCUT2D eigenvalue weighted by molar-refractivity contribution is 7.91. The zero-order chi connectivity index (χ0) is 16.6. The number of hydrogen-bond acceptors (Lipinski definition) is 5. The molecule has 1 aromatic rings. The Bertz CT molecular complexity index is 675. The van der Waals surface area contributed by atoms with Crippen molar-refractivity contribution in [3.63, 3.8) is 0 Å². The van der Waals surface area contributed by atoms with Crippen LogP contribution in [0.5, 0.6) is 0 Å². The Hall–Kier alpha value is -1.47. The van der Waals surface area contributed by atoms with Crippen molar-refractivity contribution in [1.29, 1.82) is 0 Å². The van der Waals surface area contributed by atoms with Crippen molar-refractivity contribution < 1.29 is 13.2 Å². The average Bonchev–Trinajstić information content (AvgIpc) is 2.83. The molecule has 0 aromatic carbocycles. The van der Waals surface area contributed by atoms with E-state index in [1.165, 1.54) is 0 Å². The Kier molecular flexibility index (Phi) is 4.42. The van der Waals surface area contributed by atoms with Crippen LogP contribution in [0.15, 0.2) is 24.5 Å². The van der Waals surface area contributed by atoms with Gasteiger partial charge in [-0.15, -0.1) is 0 Å². The van der Waals surface area contributed by atoms with Crippen molar-refractivity contribution in [1.82, 2.24) is 14.8 Å². The number of sulfone groups is 1. The van der Waals surface area contributed by atoms with E-state index in [0.717, 1.165) is 13.1 Å². The second-order valence-electron chi connectivity index (χ2n) is 6.84. The van der Waals surface area contributed by atoms with Crippen LogP contribution in [0, 0.1) is 5.92 Å². The smallest absolute Gasteiger partial charge is 0.255 e. The number of carbonyl (C=O) groups excluding carboxylic acids is 1. The molecule has 0 bridgehead atoms. The molecule has 2 saturated heterocycles. The highest BCUT2D eigenvalue weighted by Gasteiger charge is 2.48. The van der Waals surface area contributed by atoms with Gasteiger partial charge in [0.25, 0.3) is 5.91 Å². The molecule has 0 spiro atoms. The third kappa shape index (κ3) is 3.40. The minimum atomic E-state index is -3.10. The molecule has 2 aliphatic rings. The predicted octanol–water partition coefficient (Wildman–Crippen LogP) is 0.661. The summed E-state index contributed by atoms with van der Waals surface area (Å²) in [5.41, 5.74) is 0.521. The van der Waals surface area contributed by atoms with Crippen LogP contribution in [0.1, 0.15) is 24.2 Å². The monoisotopic (exact) mass is 337 g/mol. The Morgan fingerprint density at radius 1 is 1.30 bits per heavy atom. The summed E-state index contributed by atoms with van der Waals surface area (Å²) in [7, 11) is -3.10. The Morgan fingerprint density at radius 2 is 2.04 bits per heavy atom. The van der Waals surface area contributed by atoms with Crippen molar-refractivity contribution >= 4 is 15.7 Å². The van der Waals surface area contributed by atoms with E-state index in [4.69, 9.17) is 0 Å². The molecule has 2 fully saturated rings. The summed E-state index contributed by atoms with van der Waals surface area (Å²) < 4.78 is 24.3. The molecule has 0 aliphatic carbocycles. The first-order chi connectivity index (χ1) is 10.9. The first-order valence-electron chi connectivity index (χ1n) is 8.03. The summed E-state index contributed by atoms with van der Waals surface area (Å²) in [5.74, 6) is 0.577. The number of fused-ring (bicyclic) bond motifs is 1. The number of carbonyl (C=O) groups is 1. The fourth-order valence-corrected chi connectivity index (χ4v) is 5.64. The lowest BCUT2D eigenvalue weighted by molar-refractivity contribution is 0.0297. The summed E-state index contributed by atoms with van der Waals surface area (Å²) in [4.78, 5) is 20.7. The van der Waals surface area contributed by atoms with Crippen LogP contribution in [-0.4, -0.2) is 72.3 Å². The molecular weight excluding hydrogens is 314 g/mol. The minimum Gasteiger partial charge on any atom is -0.332 e. The molecule has 2 aliphatic heterocycles. The van der Waals surface area contributed by atoms with E-state index in [9.17, 15) is 13.2 Å². The largest absolute Gasteiger partial charge is 0.332 e. The molecule has 23 heavy (non-hydrogen) atoms. The second-order valence-corrected chi connectivity index (χ2v) is 8.99. The zero-order valence-electron chi connectivity index (χ0n) is 13.6. The van der Waals surface area contributed by atoms with Crippen LogP contribution in [0.25, 0.3) is 0 Å². The number of rotatable bonds is 3. The SMILES string of the molecule is CC(C)CN1CCN(C(=O)c2cccnc2)[C@H]2CS(=O)(=O)C[C@H]21. The Morgan fingerprint density at radius 3 is 2.70 bits per heavy atom. The fraction of sp³-hybridized carbons (Fsp3) is 0.625. The molecule has 6 nitrogen and oxygen atoms in total. The standard InChI is InChI=1S/C16H23N3O3S/c1-12(2)9-18-6-7-19(15-11-23(21,22)10-14(15)18)16(20)13-4-3-5-17-8-13/h3-5,8,12,14-15H,6-7,9-11H2,1-2H3/t14-,15+/m1/s1. The maximum atomic E-state index is 12.8. The van der Waals surface area contributed by atoms with Gasteiger partial charge in [-0.1, -0.05) is 13.8 Å². The Labute approximate surface area is 137 Å². The van der Waals surface area contributed by atoms with Gasteiger partial charge in [0.2, 0.25) is 0 Å². The predicted molar refractivity (Wildman–Crippen MR) is 87.9 cm³/mol. The van der Waals surface area contributed by atoms with Crippen LogP contribution >= 0.6 is 0 Å². The van der Waals surface area contributed by atoms with Crippen LogP contribution in [0.3, 0.4) is 0 Å². The van der Waals surface area contributed by atoms with Gasteiger partial charge in [0.15, 0.2) is 9.84 Å². The molecule has 1 amide bonds. The van der Waals surface area contributed by atoms with Crippen molar-refractivity contribution in [2.45, 2.75) is 25.9 Å². The highest BCUT2D eigenvalue weighted by atomic mass is 32.2. The lowest BCUT2D eigenvalue weighted by Crippen LogP contribution is -2.61. The van der Waals surface area contributed by atoms with Crippen LogP contribution in [-0.2, 0) is 9.84 Å². The van der Waals surface area contributed by atoms with Gasteiger partial charge >= 0.3 is 0 Å². The van der Waals surface area contributed by atoms with Gasteiger partial charge in [-0.3, -0.25) is 14.7 Å². The van der Waals surface area contributed by atoms with E-state index in [1.807, 2.05) is 0 Å². The molecule has 1 aromatic heterocycles. The molecule has 0 N–H and O–H groups in total. The highest BCUT2D eigenvalue weighted by Crippen LogP contribution is 2.28. The maximum Gasteiger partial charge on any atom is 0.255 e. The van der Waals surface area contributed by atoms with E-state index in [1.54, 1.807) is 29.4 Å². The van der Waals surface area contributed by atoms with Gasteiger partial charge in [-0.2, -0.15) is 0 Å². The molecule has 126 valence electrons. The van der Waals surface area contributed by atoms with Gasteiger partial charge in [0.1, 0.15) is 0 Å². The first-order valence-corrected chi connectivity index (χ1v) is 9.85. The maximum absolute atomic E-state index is 12.8. The lowest BCUT2D eigenvalue weighted by atomic mass is 10.0. The second kappa shape index (κ2) is 6.20. The molecule has 0 radical (unpaired) electrons. The quantitative estimate of drug-likeness (QED) is 0.810. The van der Waals surface area contributed by atoms with Crippen LogP contribution < -0.4 is 0 Å². The number of hydrogen-bond donors (Lipinski definition) is 0. The Balaban J connectivity index is 1.85. The summed E-state index contributed by atoms with van der Waals surface area (Å²) in [6.45, 7) is 6.42. The molecular formula is C16H23N3O3S. The summed E-state index contributed by atoms with van der Waals surface area (Å²) >= 11 is 0. The van der Waals surface area contributed by atoms with Crippen molar-refractivity contribution in [3.8, 4) is 0 Å². The van der Waals surface area contributed by atoms with Gasteiger partial charge in [-0.25, -0.2) is 8.42 Å². The third-order valence-electron chi connectivity index (χ3n) is 4.56. The molecule has 7 heteroatoms. The van der Waals surface area contributed by atoms with Crippen molar-refractivity contribution in [2.75, 3.05) is 31.1 Å². The van der Waals surface area contributed by atoms with E-state index in [-0.39, 0.29) is 29.5 Å². The topological polar surface area (TPSA) is 70.6 Å². The fourth-order valence-electron chi connectivity index (χ4n) is 3.63. The van der Waals surface area contributed by atoms with Gasteiger partial charge in [-0.05, 0) is 18.1 Å². The molecule has 2 atom stereocenters. The normalized spacial score (nSPS) is 27.2. The average molecular weight is 337 g/mol. The zero-order valence-corrected chi connectivity index (χ0v) is 14.4. The summed E-state index contributed by atoms with van der Waals surface area (Å²) in [5, 5.41) is 0. The number of piperazine rings is 1. The van der Waals surface area contributed by atoms with E-state index in [2.05, 4.69) is 23.7 Å². The number of nitrogens with zero attached hydrogens (tertiary/aromatic N) is 3. The van der Waals surface area contributed by atoms with Crippen LogP contribution in [0.4, 0.5) is 0 Å². The number of pyridine rings is 1. The van der Waals surface area contributed by atoms with Crippen molar-refractivity contribution in [2.24, 2.45) is 5.92 Å². The van der Waals surface area contributed by atoms with Gasteiger partial charge in [0, 0.05) is 38.1 Å². The molecule has 0 saturated carbocycles. The van der Waals surface area contributed by atoms with E-state index in [0.29, 0.717) is 18.0 Å². The molecule has 3 heterocycles. The van der Waals surface area contributed by atoms with Gasteiger partial charge in [0.05, 0.1) is 23.1 Å². The van der Waals surface area contributed by atoms with E-state index >= 15 is 0 Å². The number of amides is 1. The molecule has 0 unspecified atom stereocenters. The molecule has 3 rings (SSSR count). The van der Waals surface area contributed by atoms with Gasteiger partial charge < -0.3 is 4.90 Å². The summed E-state index contributed by atoms with van der Waals surface area (Å²) in [6, 6.07) is 3.12. The minimum absolute atomic E-state index is 0.0677. The van der Waals surface area contributed by atoms with E-state index < -0.39 is 9.84 Å². The van der Waals surface area contributed by atoms with Crippen LogP contribution in [0.2, 0.25) is 0 Å². The first kappa shape index (κ1) is 16.4. The third-order valence-corrected chi connectivity index (χ3v) is 6.26. The van der Waals surface area contributed by atoms with Crippen molar-refractivity contribution in [3.05, 3.63) is 30.1 Å².